The summed E-state index contributed by atoms with van der Waals surface area (Å²) in [4.78, 5) is 12.0. The highest BCUT2D eigenvalue weighted by atomic mass is 19.1. The molecule has 4 nitrogen and oxygen atoms in total. The van der Waals surface area contributed by atoms with Gasteiger partial charge < -0.3 is 9.84 Å². The molecule has 0 aliphatic rings. The van der Waals surface area contributed by atoms with Gasteiger partial charge in [-0.1, -0.05) is 47.6 Å². The van der Waals surface area contributed by atoms with Crippen LogP contribution in [-0.4, -0.2) is 11.1 Å². The minimum Gasteiger partial charge on any atom is -0.355 e. The second kappa shape index (κ2) is 6.22. The fourth-order valence-corrected chi connectivity index (χ4v) is 2.04. The molecular weight excluding hydrogens is 283 g/mol. The van der Waals surface area contributed by atoms with E-state index in [4.69, 9.17) is 4.52 Å². The van der Waals surface area contributed by atoms with E-state index in [2.05, 4.69) is 10.5 Å². The van der Waals surface area contributed by atoms with Crippen molar-refractivity contribution < 1.29 is 13.7 Å². The Morgan fingerprint density at radius 3 is 2.68 bits per heavy atom. The Bertz CT molecular complexity index is 784. The van der Waals surface area contributed by atoms with Gasteiger partial charge in [0.1, 0.15) is 5.82 Å². The third-order valence-electron chi connectivity index (χ3n) is 3.14. The van der Waals surface area contributed by atoms with E-state index in [9.17, 15) is 9.18 Å². The molecule has 5 heteroatoms. The maximum Gasteiger partial charge on any atom is 0.273 e. The van der Waals surface area contributed by atoms with E-state index in [-0.39, 0.29) is 24.0 Å². The van der Waals surface area contributed by atoms with Gasteiger partial charge in [-0.3, -0.25) is 4.79 Å². The maximum atomic E-state index is 13.1. The van der Waals surface area contributed by atoms with E-state index in [1.54, 1.807) is 18.2 Å². The Labute approximate surface area is 126 Å². The molecule has 0 saturated carbocycles. The summed E-state index contributed by atoms with van der Waals surface area (Å²) < 4.78 is 18.2. The number of carbonyl (C=O) groups excluding carboxylic acids is 1. The minimum absolute atomic E-state index is 0.190. The van der Waals surface area contributed by atoms with Crippen LogP contribution in [0.5, 0.6) is 0 Å². The lowest BCUT2D eigenvalue weighted by Gasteiger charge is -2.02. The molecule has 3 rings (SSSR count). The number of benzene rings is 2. The fourth-order valence-electron chi connectivity index (χ4n) is 2.04. The van der Waals surface area contributed by atoms with Gasteiger partial charge in [-0.15, -0.1) is 0 Å². The Kier molecular flexibility index (Phi) is 3.96. The highest BCUT2D eigenvalue weighted by Crippen LogP contribution is 2.19. The van der Waals surface area contributed by atoms with Crippen LogP contribution in [0.4, 0.5) is 4.39 Å². The Hall–Kier alpha value is -2.95. The molecule has 2 aromatic carbocycles. The van der Waals surface area contributed by atoms with Crippen LogP contribution in [-0.2, 0) is 6.54 Å². The van der Waals surface area contributed by atoms with E-state index in [0.717, 1.165) is 5.56 Å². The lowest BCUT2D eigenvalue weighted by molar-refractivity contribution is 0.0942. The average Bonchev–Trinajstić information content (AvgIpc) is 3.04. The van der Waals surface area contributed by atoms with Gasteiger partial charge in [0.15, 0.2) is 11.5 Å². The van der Waals surface area contributed by atoms with Crippen molar-refractivity contribution in [3.8, 4) is 11.3 Å². The van der Waals surface area contributed by atoms with Gasteiger partial charge >= 0.3 is 0 Å². The SMILES string of the molecule is O=C(NCc1cccc(F)c1)c1cc(-c2ccccc2)on1. The average molecular weight is 296 g/mol. The molecule has 1 N–H and O–H groups in total. The highest BCUT2D eigenvalue weighted by molar-refractivity contribution is 5.93. The first kappa shape index (κ1) is 14.0. The molecule has 1 heterocycles. The number of carbonyl (C=O) groups is 1. The lowest BCUT2D eigenvalue weighted by Crippen LogP contribution is -2.23. The smallest absolute Gasteiger partial charge is 0.273 e. The molecule has 1 amide bonds. The zero-order valence-corrected chi connectivity index (χ0v) is 11.6. The first-order valence-electron chi connectivity index (χ1n) is 6.77. The second-order valence-electron chi connectivity index (χ2n) is 4.76. The lowest BCUT2D eigenvalue weighted by atomic mass is 10.1. The molecule has 0 aliphatic heterocycles. The van der Waals surface area contributed by atoms with Crippen LogP contribution in [0.1, 0.15) is 16.1 Å². The summed E-state index contributed by atoms with van der Waals surface area (Å²) in [6.45, 7) is 0.226. The Morgan fingerprint density at radius 1 is 1.09 bits per heavy atom. The number of nitrogens with one attached hydrogen (secondary N) is 1. The van der Waals surface area contributed by atoms with E-state index in [0.29, 0.717) is 11.3 Å². The largest absolute Gasteiger partial charge is 0.355 e. The molecule has 3 aromatic rings. The highest BCUT2D eigenvalue weighted by Gasteiger charge is 2.13. The summed E-state index contributed by atoms with van der Waals surface area (Å²) in [6, 6.07) is 17.0. The topological polar surface area (TPSA) is 55.1 Å². The molecule has 110 valence electrons. The molecule has 0 aliphatic carbocycles. The molecular formula is C17H13FN2O2. The third-order valence-corrected chi connectivity index (χ3v) is 3.14. The minimum atomic E-state index is -0.366. The monoisotopic (exact) mass is 296 g/mol. The summed E-state index contributed by atoms with van der Waals surface area (Å²) in [5, 5.41) is 6.44. The van der Waals surface area contributed by atoms with Gasteiger partial charge in [-0.25, -0.2) is 4.39 Å². The zero-order chi connectivity index (χ0) is 15.4. The number of aromatic nitrogens is 1. The molecule has 0 saturated heterocycles. The van der Waals surface area contributed by atoms with Crippen molar-refractivity contribution in [1.82, 2.24) is 10.5 Å². The van der Waals surface area contributed by atoms with E-state index in [1.165, 1.54) is 12.1 Å². The Balaban J connectivity index is 1.67. The number of halogens is 1. The summed E-state index contributed by atoms with van der Waals surface area (Å²) in [7, 11) is 0. The number of hydrogen-bond acceptors (Lipinski definition) is 3. The van der Waals surface area contributed by atoms with E-state index >= 15 is 0 Å². The van der Waals surface area contributed by atoms with E-state index in [1.807, 2.05) is 30.3 Å². The molecule has 0 spiro atoms. The van der Waals surface area contributed by atoms with Crippen molar-refractivity contribution in [2.45, 2.75) is 6.54 Å². The second-order valence-corrected chi connectivity index (χ2v) is 4.76. The summed E-state index contributed by atoms with van der Waals surface area (Å²) in [6.07, 6.45) is 0. The van der Waals surface area contributed by atoms with Gasteiger partial charge in [-0.2, -0.15) is 0 Å². The predicted octanol–water partition coefficient (Wildman–Crippen LogP) is 3.41. The molecule has 22 heavy (non-hydrogen) atoms. The molecule has 0 fully saturated rings. The van der Waals surface area contributed by atoms with Crippen LogP contribution in [0, 0.1) is 5.82 Å². The molecule has 0 atom stereocenters. The van der Waals surface area contributed by atoms with Crippen LogP contribution >= 0.6 is 0 Å². The zero-order valence-electron chi connectivity index (χ0n) is 11.6. The van der Waals surface area contributed by atoms with Gasteiger partial charge in [0.2, 0.25) is 0 Å². The summed E-state index contributed by atoms with van der Waals surface area (Å²) >= 11 is 0. The quantitative estimate of drug-likeness (QED) is 0.802. The number of hydrogen-bond donors (Lipinski definition) is 1. The van der Waals surface area contributed by atoms with Gasteiger partial charge in [0.25, 0.3) is 5.91 Å². The van der Waals surface area contributed by atoms with Gasteiger partial charge in [0.05, 0.1) is 0 Å². The number of rotatable bonds is 4. The first-order valence-corrected chi connectivity index (χ1v) is 6.77. The number of nitrogens with zero attached hydrogens (tertiary/aromatic N) is 1. The standard InChI is InChI=1S/C17H13FN2O2/c18-14-8-4-5-12(9-14)11-19-17(21)15-10-16(22-20-15)13-6-2-1-3-7-13/h1-10H,11H2,(H,19,21). The van der Waals surface area contributed by atoms with Crippen LogP contribution in [0.2, 0.25) is 0 Å². The van der Waals surface area contributed by atoms with Crippen molar-refractivity contribution in [2.24, 2.45) is 0 Å². The predicted molar refractivity (Wildman–Crippen MR) is 79.5 cm³/mol. The summed E-state index contributed by atoms with van der Waals surface area (Å²) in [5.41, 5.74) is 1.72. The molecule has 1 aromatic heterocycles. The third kappa shape index (κ3) is 3.20. The molecule has 0 radical (unpaired) electrons. The summed E-state index contributed by atoms with van der Waals surface area (Å²) in [5.74, 6) is -0.175. The van der Waals surface area contributed by atoms with Crippen LogP contribution < -0.4 is 5.32 Å². The van der Waals surface area contributed by atoms with Crippen molar-refractivity contribution in [1.29, 1.82) is 0 Å². The van der Waals surface area contributed by atoms with Crippen LogP contribution in [0.3, 0.4) is 0 Å². The van der Waals surface area contributed by atoms with Gasteiger partial charge in [0, 0.05) is 18.2 Å². The van der Waals surface area contributed by atoms with Crippen molar-refractivity contribution in [3.63, 3.8) is 0 Å². The fraction of sp³-hybridized carbons (Fsp3) is 0.0588. The van der Waals surface area contributed by atoms with Gasteiger partial charge in [-0.05, 0) is 17.7 Å². The molecule has 0 unspecified atom stereocenters. The van der Waals surface area contributed by atoms with Crippen LogP contribution in [0.15, 0.2) is 65.2 Å². The maximum absolute atomic E-state index is 13.1. The number of amides is 1. The first-order chi connectivity index (χ1) is 10.7. The Morgan fingerprint density at radius 2 is 1.91 bits per heavy atom. The molecule has 0 bridgehead atoms. The van der Waals surface area contributed by atoms with Crippen molar-refractivity contribution in [3.05, 3.63) is 77.7 Å². The van der Waals surface area contributed by atoms with Crippen LogP contribution in [0.25, 0.3) is 11.3 Å². The normalized spacial score (nSPS) is 10.4. The van der Waals surface area contributed by atoms with Crippen molar-refractivity contribution >= 4 is 5.91 Å². The van der Waals surface area contributed by atoms with E-state index < -0.39 is 0 Å². The van der Waals surface area contributed by atoms with Crippen molar-refractivity contribution in [2.75, 3.05) is 0 Å².